The molecule has 0 fully saturated rings. The molecule has 30 heavy (non-hydrogen) atoms. The Bertz CT molecular complexity index is 1170. The van der Waals surface area contributed by atoms with Gasteiger partial charge < -0.3 is 14.8 Å². The molecule has 1 amide bonds. The number of hydrogen-bond acceptors (Lipinski definition) is 7. The molecule has 3 aromatic rings. The van der Waals surface area contributed by atoms with Crippen LogP contribution in [0.5, 0.6) is 5.75 Å². The van der Waals surface area contributed by atoms with Gasteiger partial charge in [0.2, 0.25) is 5.91 Å². The summed E-state index contributed by atoms with van der Waals surface area (Å²) in [5.74, 6) is -0.357. The molecule has 0 spiro atoms. The zero-order valence-corrected chi connectivity index (χ0v) is 18.3. The summed E-state index contributed by atoms with van der Waals surface area (Å²) in [6, 6.07) is 6.76. The number of amides is 1. The molecular formula is C21H23N3O5S. The van der Waals surface area contributed by atoms with Crippen molar-refractivity contribution in [3.63, 3.8) is 0 Å². The number of ether oxygens (including phenoxy) is 2. The molecular weight excluding hydrogens is 406 g/mol. The number of benzene rings is 1. The molecule has 8 nitrogen and oxygen atoms in total. The minimum absolute atomic E-state index is 0.00165. The molecule has 0 aliphatic heterocycles. The van der Waals surface area contributed by atoms with Gasteiger partial charge in [-0.25, -0.2) is 4.79 Å². The monoisotopic (exact) mass is 429 g/mol. The topological polar surface area (TPSA) is 99.5 Å². The van der Waals surface area contributed by atoms with Crippen LogP contribution in [-0.4, -0.2) is 35.4 Å². The summed E-state index contributed by atoms with van der Waals surface area (Å²) in [6.45, 7) is 7.18. The summed E-state index contributed by atoms with van der Waals surface area (Å²) < 4.78 is 11.5. The van der Waals surface area contributed by atoms with Crippen LogP contribution in [0.3, 0.4) is 0 Å². The molecule has 1 aromatic carbocycles. The van der Waals surface area contributed by atoms with Crippen molar-refractivity contribution in [3.05, 3.63) is 45.7 Å². The van der Waals surface area contributed by atoms with Gasteiger partial charge in [-0.2, -0.15) is 9.78 Å². The number of thiophene rings is 1. The normalized spacial score (nSPS) is 11.4. The average Bonchev–Trinajstić information content (AvgIpc) is 3.12. The number of carbonyl (C=O) groups excluding carboxylic acids is 2. The van der Waals surface area contributed by atoms with Gasteiger partial charge in [-0.05, 0) is 19.1 Å². The minimum atomic E-state index is -0.654. The minimum Gasteiger partial charge on any atom is -0.497 e. The van der Waals surface area contributed by atoms with Crippen LogP contribution in [0.25, 0.3) is 16.5 Å². The van der Waals surface area contributed by atoms with E-state index in [1.165, 1.54) is 7.11 Å². The van der Waals surface area contributed by atoms with Crippen molar-refractivity contribution in [2.75, 3.05) is 19.0 Å². The highest BCUT2D eigenvalue weighted by Gasteiger charge is 2.26. The van der Waals surface area contributed by atoms with E-state index in [2.05, 4.69) is 10.4 Å². The third-order valence-corrected chi connectivity index (χ3v) is 5.22. The number of hydrogen-bond donors (Lipinski definition) is 1. The molecule has 1 N–H and O–H groups in total. The van der Waals surface area contributed by atoms with Crippen LogP contribution in [0, 0.1) is 5.41 Å². The summed E-state index contributed by atoms with van der Waals surface area (Å²) in [7, 11) is 1.52. The van der Waals surface area contributed by atoms with E-state index in [9.17, 15) is 14.4 Å². The molecule has 2 aromatic heterocycles. The van der Waals surface area contributed by atoms with E-state index < -0.39 is 16.9 Å². The van der Waals surface area contributed by atoms with Gasteiger partial charge in [0.25, 0.3) is 5.56 Å². The highest BCUT2D eigenvalue weighted by molar-refractivity contribution is 7.16. The van der Waals surface area contributed by atoms with Crippen LogP contribution in [0.15, 0.2) is 34.4 Å². The Hall–Kier alpha value is -3.20. The maximum Gasteiger partial charge on any atom is 0.359 e. The summed E-state index contributed by atoms with van der Waals surface area (Å²) in [6.07, 6.45) is 0. The van der Waals surface area contributed by atoms with Crippen LogP contribution in [-0.2, 0) is 9.53 Å². The second-order valence-electron chi connectivity index (χ2n) is 7.55. The fourth-order valence-corrected chi connectivity index (χ4v) is 3.63. The number of nitrogens with zero attached hydrogens (tertiary/aromatic N) is 2. The number of methoxy groups -OCH3 is 1. The van der Waals surface area contributed by atoms with E-state index in [4.69, 9.17) is 9.47 Å². The van der Waals surface area contributed by atoms with Gasteiger partial charge in [0, 0.05) is 22.2 Å². The van der Waals surface area contributed by atoms with Gasteiger partial charge in [-0.1, -0.05) is 26.8 Å². The summed E-state index contributed by atoms with van der Waals surface area (Å²) >= 11 is 1.16. The Labute approximate surface area is 177 Å². The quantitative estimate of drug-likeness (QED) is 0.622. The number of nitrogens with one attached hydrogen (secondary N) is 1. The summed E-state index contributed by atoms with van der Waals surface area (Å²) in [4.78, 5) is 38.4. The highest BCUT2D eigenvalue weighted by Crippen LogP contribution is 2.32. The van der Waals surface area contributed by atoms with Gasteiger partial charge in [-0.15, -0.1) is 11.3 Å². The van der Waals surface area contributed by atoms with Crippen LogP contribution in [0.4, 0.5) is 5.00 Å². The summed E-state index contributed by atoms with van der Waals surface area (Å²) in [5.41, 5.74) is -0.691. The Morgan fingerprint density at radius 1 is 1.27 bits per heavy atom. The molecule has 3 rings (SSSR count). The van der Waals surface area contributed by atoms with Crippen molar-refractivity contribution in [2.45, 2.75) is 27.7 Å². The number of carbonyl (C=O) groups is 2. The Balaban J connectivity index is 2.28. The van der Waals surface area contributed by atoms with Gasteiger partial charge in [0.15, 0.2) is 5.69 Å². The highest BCUT2D eigenvalue weighted by atomic mass is 32.1. The fraction of sp³-hybridized carbons (Fsp3) is 0.333. The smallest absolute Gasteiger partial charge is 0.359 e. The molecule has 9 heteroatoms. The molecule has 0 aliphatic carbocycles. The molecule has 0 saturated heterocycles. The molecule has 0 saturated carbocycles. The number of anilines is 1. The number of esters is 1. The third kappa shape index (κ3) is 4.06. The number of fused-ring (bicyclic) bond motifs is 1. The van der Waals surface area contributed by atoms with Crippen molar-refractivity contribution in [1.29, 1.82) is 0 Å². The Morgan fingerprint density at radius 3 is 2.63 bits per heavy atom. The van der Waals surface area contributed by atoms with Crippen LogP contribution >= 0.6 is 11.3 Å². The number of aromatic nitrogens is 2. The van der Waals surface area contributed by atoms with Crippen molar-refractivity contribution < 1.29 is 19.1 Å². The number of rotatable bonds is 5. The lowest BCUT2D eigenvalue weighted by Crippen LogP contribution is -2.29. The van der Waals surface area contributed by atoms with Crippen LogP contribution in [0.2, 0.25) is 0 Å². The van der Waals surface area contributed by atoms with E-state index in [0.29, 0.717) is 21.8 Å². The zero-order valence-electron chi connectivity index (χ0n) is 17.4. The largest absolute Gasteiger partial charge is 0.497 e. The Kier molecular flexibility index (Phi) is 5.93. The van der Waals surface area contributed by atoms with E-state index >= 15 is 0 Å². The first kappa shape index (κ1) is 21.5. The molecule has 2 heterocycles. The lowest BCUT2D eigenvalue weighted by atomic mass is 9.96. The second kappa shape index (κ2) is 8.27. The van der Waals surface area contributed by atoms with Crippen molar-refractivity contribution in [3.8, 4) is 11.4 Å². The first-order valence-electron chi connectivity index (χ1n) is 9.35. The first-order valence-corrected chi connectivity index (χ1v) is 10.2. The van der Waals surface area contributed by atoms with Gasteiger partial charge in [0.1, 0.15) is 10.8 Å². The lowest BCUT2D eigenvalue weighted by molar-refractivity contribution is -0.123. The zero-order chi connectivity index (χ0) is 22.1. The molecule has 0 aliphatic rings. The van der Waals surface area contributed by atoms with E-state index in [0.717, 1.165) is 16.0 Å². The SMILES string of the molecule is CCOC(=O)c1nn(-c2cccc(OC)c2)c(=O)c2c(NC(=O)C(C)(C)C)scc12. The molecule has 0 unspecified atom stereocenters. The molecule has 0 atom stereocenters. The van der Waals surface area contributed by atoms with Crippen LogP contribution in [0.1, 0.15) is 38.2 Å². The first-order chi connectivity index (χ1) is 14.2. The average molecular weight is 429 g/mol. The van der Waals surface area contributed by atoms with Crippen molar-refractivity contribution >= 4 is 39.0 Å². The van der Waals surface area contributed by atoms with Crippen molar-refractivity contribution in [2.24, 2.45) is 5.41 Å². The van der Waals surface area contributed by atoms with Crippen LogP contribution < -0.4 is 15.6 Å². The fourth-order valence-electron chi connectivity index (χ4n) is 2.70. The van der Waals surface area contributed by atoms with Gasteiger partial charge in [-0.3, -0.25) is 9.59 Å². The third-order valence-electron chi connectivity index (χ3n) is 4.33. The van der Waals surface area contributed by atoms with Gasteiger partial charge in [0.05, 0.1) is 24.8 Å². The molecule has 0 radical (unpaired) electrons. The molecule has 158 valence electrons. The second-order valence-corrected chi connectivity index (χ2v) is 8.42. The van der Waals surface area contributed by atoms with Gasteiger partial charge >= 0.3 is 5.97 Å². The van der Waals surface area contributed by atoms with E-state index in [1.54, 1.807) is 57.3 Å². The standard InChI is InChI=1S/C21H23N3O5S/c1-6-29-19(26)16-14-11-30-17(22-20(27)21(2,3)4)15(14)18(25)24(23-16)12-8-7-9-13(10-12)28-5/h7-11H,6H2,1-5H3,(H,22,27). The summed E-state index contributed by atoms with van der Waals surface area (Å²) in [5, 5.41) is 9.62. The maximum absolute atomic E-state index is 13.3. The maximum atomic E-state index is 13.3. The Morgan fingerprint density at radius 2 is 2.00 bits per heavy atom. The van der Waals surface area contributed by atoms with Crippen molar-refractivity contribution in [1.82, 2.24) is 9.78 Å². The van der Waals surface area contributed by atoms with E-state index in [-0.39, 0.29) is 23.6 Å². The van der Waals surface area contributed by atoms with E-state index in [1.807, 2.05) is 0 Å². The lowest BCUT2D eigenvalue weighted by Gasteiger charge is -2.17. The predicted molar refractivity (Wildman–Crippen MR) is 116 cm³/mol. The molecule has 0 bridgehead atoms. The predicted octanol–water partition coefficient (Wildman–Crippen LogP) is 3.62.